The molecule has 6 nitrogen and oxygen atoms in total. The molecule has 0 saturated carbocycles. The standard InChI is InChI=1S/C16H23N3O3/c1-2-22-14-7-5-13(6-8-14)18-15(20)11-19-9-3-4-12(10-19)16(17)21/h5-8,12H,2-4,9-11H2,1H3,(H2,17,21)(H,18,20)/t12-/m0/s1. The Labute approximate surface area is 130 Å². The molecule has 0 radical (unpaired) electrons. The Kier molecular flexibility index (Phi) is 5.77. The molecule has 0 aromatic heterocycles. The molecular weight excluding hydrogens is 282 g/mol. The molecule has 1 saturated heterocycles. The van der Waals surface area contributed by atoms with E-state index < -0.39 is 0 Å². The largest absolute Gasteiger partial charge is 0.494 e. The number of nitrogens with one attached hydrogen (secondary N) is 1. The Morgan fingerprint density at radius 1 is 1.36 bits per heavy atom. The highest BCUT2D eigenvalue weighted by Gasteiger charge is 2.25. The summed E-state index contributed by atoms with van der Waals surface area (Å²) in [5, 5.41) is 2.85. The van der Waals surface area contributed by atoms with Gasteiger partial charge in [0.2, 0.25) is 11.8 Å². The second kappa shape index (κ2) is 7.79. The van der Waals surface area contributed by atoms with Gasteiger partial charge >= 0.3 is 0 Å². The van der Waals surface area contributed by atoms with E-state index >= 15 is 0 Å². The van der Waals surface area contributed by atoms with Gasteiger partial charge in [0.1, 0.15) is 5.75 Å². The fraction of sp³-hybridized carbons (Fsp3) is 0.500. The molecule has 1 aromatic carbocycles. The number of piperidine rings is 1. The van der Waals surface area contributed by atoms with E-state index in [9.17, 15) is 9.59 Å². The SMILES string of the molecule is CCOc1ccc(NC(=O)CN2CCC[C@H](C(N)=O)C2)cc1. The molecule has 120 valence electrons. The zero-order valence-corrected chi connectivity index (χ0v) is 12.9. The molecule has 0 unspecified atom stereocenters. The van der Waals surface area contributed by atoms with Gasteiger partial charge in [0.15, 0.2) is 0 Å². The van der Waals surface area contributed by atoms with Crippen LogP contribution in [0.1, 0.15) is 19.8 Å². The summed E-state index contributed by atoms with van der Waals surface area (Å²) in [5.41, 5.74) is 6.08. The van der Waals surface area contributed by atoms with E-state index in [1.54, 1.807) is 0 Å². The number of primary amides is 1. The molecule has 1 aliphatic rings. The van der Waals surface area contributed by atoms with Gasteiger partial charge in [0.25, 0.3) is 0 Å². The van der Waals surface area contributed by atoms with E-state index in [1.165, 1.54) is 0 Å². The number of carbonyl (C=O) groups is 2. The highest BCUT2D eigenvalue weighted by molar-refractivity contribution is 5.92. The van der Waals surface area contributed by atoms with Crippen molar-refractivity contribution < 1.29 is 14.3 Å². The topological polar surface area (TPSA) is 84.7 Å². The van der Waals surface area contributed by atoms with Crippen LogP contribution >= 0.6 is 0 Å². The van der Waals surface area contributed by atoms with Crippen molar-refractivity contribution in [1.29, 1.82) is 0 Å². The van der Waals surface area contributed by atoms with E-state index in [0.717, 1.165) is 30.8 Å². The summed E-state index contributed by atoms with van der Waals surface area (Å²) < 4.78 is 5.36. The quantitative estimate of drug-likeness (QED) is 0.827. The Balaban J connectivity index is 1.83. The Morgan fingerprint density at radius 3 is 2.73 bits per heavy atom. The number of nitrogens with two attached hydrogens (primary N) is 1. The summed E-state index contributed by atoms with van der Waals surface area (Å²) in [6.07, 6.45) is 1.70. The summed E-state index contributed by atoms with van der Waals surface area (Å²) in [7, 11) is 0. The average Bonchev–Trinajstić information content (AvgIpc) is 2.49. The van der Waals surface area contributed by atoms with Crippen LogP contribution in [0.2, 0.25) is 0 Å². The van der Waals surface area contributed by atoms with Crippen LogP contribution in [0.15, 0.2) is 24.3 Å². The van der Waals surface area contributed by atoms with Gasteiger partial charge in [0.05, 0.1) is 19.1 Å². The molecule has 1 aromatic rings. The number of anilines is 1. The molecule has 0 aliphatic carbocycles. The van der Waals surface area contributed by atoms with Gasteiger partial charge in [-0.1, -0.05) is 0 Å². The van der Waals surface area contributed by atoms with Crippen molar-refractivity contribution in [2.45, 2.75) is 19.8 Å². The van der Waals surface area contributed by atoms with E-state index in [0.29, 0.717) is 13.2 Å². The average molecular weight is 305 g/mol. The van der Waals surface area contributed by atoms with Crippen LogP contribution in [0, 0.1) is 5.92 Å². The molecule has 1 atom stereocenters. The maximum absolute atomic E-state index is 12.1. The molecule has 1 aliphatic heterocycles. The van der Waals surface area contributed by atoms with Gasteiger partial charge in [-0.3, -0.25) is 14.5 Å². The molecule has 0 spiro atoms. The predicted molar refractivity (Wildman–Crippen MR) is 84.6 cm³/mol. The molecule has 1 heterocycles. The number of likely N-dealkylation sites (tertiary alicyclic amines) is 1. The Bertz CT molecular complexity index is 516. The van der Waals surface area contributed by atoms with Crippen LogP contribution in [0.5, 0.6) is 5.75 Å². The molecule has 3 N–H and O–H groups in total. The van der Waals surface area contributed by atoms with E-state index in [4.69, 9.17) is 10.5 Å². The second-order valence-electron chi connectivity index (χ2n) is 5.48. The van der Waals surface area contributed by atoms with Gasteiger partial charge in [0, 0.05) is 12.2 Å². The number of rotatable bonds is 6. The normalized spacial score (nSPS) is 18.7. The molecule has 2 amide bonds. The molecular formula is C16H23N3O3. The fourth-order valence-corrected chi connectivity index (χ4v) is 2.64. The van der Waals surface area contributed by atoms with Crippen LogP contribution in [0.4, 0.5) is 5.69 Å². The van der Waals surface area contributed by atoms with Gasteiger partial charge < -0.3 is 15.8 Å². The van der Waals surface area contributed by atoms with Crippen molar-refractivity contribution in [3.63, 3.8) is 0 Å². The second-order valence-corrected chi connectivity index (χ2v) is 5.48. The highest BCUT2D eigenvalue weighted by atomic mass is 16.5. The first-order valence-corrected chi connectivity index (χ1v) is 7.63. The minimum Gasteiger partial charge on any atom is -0.494 e. The smallest absolute Gasteiger partial charge is 0.238 e. The summed E-state index contributed by atoms with van der Waals surface area (Å²) in [6.45, 7) is 4.19. The third-order valence-corrected chi connectivity index (χ3v) is 3.72. The van der Waals surface area contributed by atoms with Crippen LogP contribution < -0.4 is 15.8 Å². The van der Waals surface area contributed by atoms with E-state index in [2.05, 4.69) is 5.32 Å². The van der Waals surface area contributed by atoms with Crippen LogP contribution in [-0.2, 0) is 9.59 Å². The molecule has 22 heavy (non-hydrogen) atoms. The number of benzene rings is 1. The number of carbonyl (C=O) groups excluding carboxylic acids is 2. The number of amides is 2. The third kappa shape index (κ3) is 4.73. The number of hydrogen-bond donors (Lipinski definition) is 2. The number of ether oxygens (including phenoxy) is 1. The first kappa shape index (κ1) is 16.3. The minimum absolute atomic E-state index is 0.0886. The number of nitrogens with zero attached hydrogens (tertiary/aromatic N) is 1. The fourth-order valence-electron chi connectivity index (χ4n) is 2.64. The highest BCUT2D eigenvalue weighted by Crippen LogP contribution is 2.17. The third-order valence-electron chi connectivity index (χ3n) is 3.72. The molecule has 1 fully saturated rings. The van der Waals surface area contributed by atoms with Crippen molar-refractivity contribution >= 4 is 17.5 Å². The Hall–Kier alpha value is -2.08. The summed E-state index contributed by atoms with van der Waals surface area (Å²) in [5.74, 6) is 0.263. The van der Waals surface area contributed by atoms with Crippen molar-refractivity contribution in [3.8, 4) is 5.75 Å². The molecule has 2 rings (SSSR count). The van der Waals surface area contributed by atoms with Crippen LogP contribution in [-0.4, -0.2) is 43.0 Å². The lowest BCUT2D eigenvalue weighted by molar-refractivity contribution is -0.125. The van der Waals surface area contributed by atoms with Gasteiger partial charge in [-0.25, -0.2) is 0 Å². The van der Waals surface area contributed by atoms with Crippen molar-refractivity contribution in [3.05, 3.63) is 24.3 Å². The Morgan fingerprint density at radius 2 is 2.09 bits per heavy atom. The molecule has 0 bridgehead atoms. The monoisotopic (exact) mass is 305 g/mol. The maximum Gasteiger partial charge on any atom is 0.238 e. The maximum atomic E-state index is 12.1. The van der Waals surface area contributed by atoms with Crippen LogP contribution in [0.3, 0.4) is 0 Å². The van der Waals surface area contributed by atoms with Crippen molar-refractivity contribution in [2.24, 2.45) is 11.7 Å². The van der Waals surface area contributed by atoms with E-state index in [1.807, 2.05) is 36.1 Å². The summed E-state index contributed by atoms with van der Waals surface area (Å²) in [6, 6.07) is 7.27. The lowest BCUT2D eigenvalue weighted by atomic mass is 9.97. The van der Waals surface area contributed by atoms with Gasteiger partial charge in [-0.05, 0) is 50.6 Å². The minimum atomic E-state index is -0.281. The zero-order chi connectivity index (χ0) is 15.9. The lowest BCUT2D eigenvalue weighted by Gasteiger charge is -2.30. The van der Waals surface area contributed by atoms with Crippen molar-refractivity contribution in [2.75, 3.05) is 31.6 Å². The lowest BCUT2D eigenvalue weighted by Crippen LogP contribution is -2.44. The first-order chi connectivity index (χ1) is 10.6. The van der Waals surface area contributed by atoms with E-state index in [-0.39, 0.29) is 24.3 Å². The number of hydrogen-bond acceptors (Lipinski definition) is 4. The summed E-state index contributed by atoms with van der Waals surface area (Å²) >= 11 is 0. The zero-order valence-electron chi connectivity index (χ0n) is 12.9. The van der Waals surface area contributed by atoms with Crippen molar-refractivity contribution in [1.82, 2.24) is 4.90 Å². The first-order valence-electron chi connectivity index (χ1n) is 7.63. The summed E-state index contributed by atoms with van der Waals surface area (Å²) in [4.78, 5) is 25.3. The van der Waals surface area contributed by atoms with Gasteiger partial charge in [-0.2, -0.15) is 0 Å². The predicted octanol–water partition coefficient (Wildman–Crippen LogP) is 1.22. The van der Waals surface area contributed by atoms with Crippen LogP contribution in [0.25, 0.3) is 0 Å². The van der Waals surface area contributed by atoms with Gasteiger partial charge in [-0.15, -0.1) is 0 Å². The molecule has 6 heteroatoms.